The van der Waals surface area contributed by atoms with Crippen molar-refractivity contribution in [2.24, 2.45) is 5.84 Å². The second-order valence-corrected chi connectivity index (χ2v) is 4.19. The summed E-state index contributed by atoms with van der Waals surface area (Å²) >= 11 is 0. The van der Waals surface area contributed by atoms with Gasteiger partial charge in [0.25, 0.3) is 5.56 Å². The molecule has 7 heteroatoms. The number of aryl methyl sites for hydroxylation is 1. The number of unbranched alkanes of at least 4 members (excludes halogenated alkanes) is 1. The second kappa shape index (κ2) is 6.75. The molecule has 0 aliphatic heterocycles. The lowest BCUT2D eigenvalue weighted by atomic mass is 10.2. The smallest absolute Gasteiger partial charge is 0.268 e. The molecule has 18 heavy (non-hydrogen) atoms. The number of hydrogen-bond donors (Lipinski definition) is 2. The van der Waals surface area contributed by atoms with Crippen molar-refractivity contribution >= 4 is 11.6 Å². The molecule has 0 bridgehead atoms. The first-order valence-corrected chi connectivity index (χ1v) is 5.78. The normalized spacial score (nSPS) is 10.2. The fourth-order valence-electron chi connectivity index (χ4n) is 1.46. The Morgan fingerprint density at radius 1 is 1.50 bits per heavy atom. The van der Waals surface area contributed by atoms with E-state index in [1.165, 1.54) is 4.68 Å². The zero-order valence-corrected chi connectivity index (χ0v) is 10.7. The Kier molecular flexibility index (Phi) is 5.31. The van der Waals surface area contributed by atoms with Gasteiger partial charge in [-0.1, -0.05) is 0 Å². The third-order valence-electron chi connectivity index (χ3n) is 2.56. The van der Waals surface area contributed by atoms with Gasteiger partial charge >= 0.3 is 0 Å². The Balaban J connectivity index is 2.48. The van der Waals surface area contributed by atoms with Crippen molar-refractivity contribution in [3.8, 4) is 0 Å². The number of carbonyl (C=O) groups is 1. The van der Waals surface area contributed by atoms with Gasteiger partial charge in [-0.25, -0.2) is 10.5 Å². The minimum atomic E-state index is -0.196. The SMILES string of the molecule is CN(C)c1cnn(CCCCC(=O)NN)c(=O)c1. The van der Waals surface area contributed by atoms with E-state index in [2.05, 4.69) is 10.5 Å². The van der Waals surface area contributed by atoms with E-state index in [-0.39, 0.29) is 11.5 Å². The van der Waals surface area contributed by atoms with Crippen molar-refractivity contribution in [2.45, 2.75) is 25.8 Å². The fraction of sp³-hybridized carbons (Fsp3) is 0.545. The number of nitrogens with two attached hydrogens (primary N) is 1. The maximum atomic E-state index is 11.7. The lowest BCUT2D eigenvalue weighted by Crippen LogP contribution is -2.29. The van der Waals surface area contributed by atoms with Gasteiger partial charge < -0.3 is 4.90 Å². The Bertz CT molecular complexity index is 455. The lowest BCUT2D eigenvalue weighted by Gasteiger charge is -2.12. The molecule has 1 aromatic rings. The zero-order chi connectivity index (χ0) is 13.5. The monoisotopic (exact) mass is 253 g/mol. The minimum Gasteiger partial charge on any atom is -0.376 e. The van der Waals surface area contributed by atoms with Gasteiger partial charge in [0.2, 0.25) is 5.91 Å². The molecule has 0 saturated heterocycles. The first-order chi connectivity index (χ1) is 8.54. The van der Waals surface area contributed by atoms with Crippen molar-refractivity contribution in [1.82, 2.24) is 15.2 Å². The molecule has 0 aliphatic carbocycles. The van der Waals surface area contributed by atoms with Gasteiger partial charge in [-0.3, -0.25) is 15.0 Å². The van der Waals surface area contributed by atoms with Gasteiger partial charge in [-0.2, -0.15) is 5.10 Å². The summed E-state index contributed by atoms with van der Waals surface area (Å²) in [5.74, 6) is 4.77. The maximum absolute atomic E-state index is 11.7. The summed E-state index contributed by atoms with van der Waals surface area (Å²) in [5.41, 5.74) is 2.71. The molecule has 0 fully saturated rings. The van der Waals surface area contributed by atoms with E-state index < -0.39 is 0 Å². The predicted molar refractivity (Wildman–Crippen MR) is 69.0 cm³/mol. The molecule has 0 aromatic carbocycles. The number of rotatable bonds is 6. The summed E-state index contributed by atoms with van der Waals surface area (Å²) in [7, 11) is 3.71. The highest BCUT2D eigenvalue weighted by atomic mass is 16.2. The van der Waals surface area contributed by atoms with Crippen LogP contribution in [-0.2, 0) is 11.3 Å². The molecule has 7 nitrogen and oxygen atoms in total. The van der Waals surface area contributed by atoms with Crippen LogP contribution in [0.2, 0.25) is 0 Å². The molecular formula is C11H19N5O2. The van der Waals surface area contributed by atoms with E-state index >= 15 is 0 Å². The van der Waals surface area contributed by atoms with Crippen LogP contribution < -0.4 is 21.7 Å². The van der Waals surface area contributed by atoms with Crippen LogP contribution in [0.15, 0.2) is 17.1 Å². The van der Waals surface area contributed by atoms with Gasteiger partial charge in [0.1, 0.15) is 0 Å². The topological polar surface area (TPSA) is 93.2 Å². The first kappa shape index (κ1) is 14.2. The number of amides is 1. The summed E-state index contributed by atoms with van der Waals surface area (Å²) in [6, 6.07) is 1.54. The third kappa shape index (κ3) is 4.17. The standard InChI is InChI=1S/C11H19N5O2/c1-15(2)9-7-11(18)16(13-8-9)6-4-3-5-10(17)14-12/h7-8H,3-6,12H2,1-2H3,(H,14,17). The summed E-state index contributed by atoms with van der Waals surface area (Å²) in [5, 5.41) is 4.07. The van der Waals surface area contributed by atoms with Crippen molar-refractivity contribution < 1.29 is 4.79 Å². The lowest BCUT2D eigenvalue weighted by molar-refractivity contribution is -0.121. The van der Waals surface area contributed by atoms with Crippen molar-refractivity contribution in [3.63, 3.8) is 0 Å². The third-order valence-corrected chi connectivity index (χ3v) is 2.56. The van der Waals surface area contributed by atoms with Crippen LogP contribution in [0.1, 0.15) is 19.3 Å². The number of anilines is 1. The number of aromatic nitrogens is 2. The second-order valence-electron chi connectivity index (χ2n) is 4.19. The molecule has 0 spiro atoms. The quantitative estimate of drug-likeness (QED) is 0.308. The van der Waals surface area contributed by atoms with Crippen LogP contribution in [0.3, 0.4) is 0 Å². The predicted octanol–water partition coefficient (Wildman–Crippen LogP) is -0.530. The number of hydrogen-bond acceptors (Lipinski definition) is 5. The summed E-state index contributed by atoms with van der Waals surface area (Å²) in [6.45, 7) is 0.504. The molecular weight excluding hydrogens is 234 g/mol. The Morgan fingerprint density at radius 2 is 2.22 bits per heavy atom. The Morgan fingerprint density at radius 3 is 2.78 bits per heavy atom. The van der Waals surface area contributed by atoms with Crippen molar-refractivity contribution in [3.05, 3.63) is 22.6 Å². The maximum Gasteiger partial charge on any atom is 0.268 e. The van der Waals surface area contributed by atoms with E-state index in [1.54, 1.807) is 12.3 Å². The number of nitrogens with zero attached hydrogens (tertiary/aromatic N) is 3. The minimum absolute atomic E-state index is 0.135. The largest absolute Gasteiger partial charge is 0.376 e. The summed E-state index contributed by atoms with van der Waals surface area (Å²) in [6.07, 6.45) is 3.39. The summed E-state index contributed by atoms with van der Waals surface area (Å²) < 4.78 is 1.40. The highest BCUT2D eigenvalue weighted by Gasteiger charge is 2.02. The summed E-state index contributed by atoms with van der Waals surface area (Å²) in [4.78, 5) is 24.4. The molecule has 1 amide bonds. The van der Waals surface area contributed by atoms with Crippen LogP contribution in [-0.4, -0.2) is 29.8 Å². The molecule has 0 unspecified atom stereocenters. The van der Waals surface area contributed by atoms with Crippen molar-refractivity contribution in [1.29, 1.82) is 0 Å². The van der Waals surface area contributed by atoms with E-state index in [1.807, 2.05) is 19.0 Å². The molecule has 0 aliphatic rings. The van der Waals surface area contributed by atoms with E-state index in [0.29, 0.717) is 25.8 Å². The Hall–Kier alpha value is -1.89. The van der Waals surface area contributed by atoms with Crippen LogP contribution in [0, 0.1) is 0 Å². The first-order valence-electron chi connectivity index (χ1n) is 5.78. The van der Waals surface area contributed by atoms with Crippen LogP contribution >= 0.6 is 0 Å². The van der Waals surface area contributed by atoms with Crippen LogP contribution in [0.4, 0.5) is 5.69 Å². The molecule has 3 N–H and O–H groups in total. The molecule has 0 atom stereocenters. The average Bonchev–Trinajstić information content (AvgIpc) is 2.35. The number of nitrogens with one attached hydrogen (secondary N) is 1. The van der Waals surface area contributed by atoms with Crippen LogP contribution in [0.5, 0.6) is 0 Å². The average molecular weight is 253 g/mol. The molecule has 100 valence electrons. The van der Waals surface area contributed by atoms with Crippen molar-refractivity contribution in [2.75, 3.05) is 19.0 Å². The highest BCUT2D eigenvalue weighted by molar-refractivity contribution is 5.75. The van der Waals surface area contributed by atoms with E-state index in [0.717, 1.165) is 5.69 Å². The highest BCUT2D eigenvalue weighted by Crippen LogP contribution is 2.04. The molecule has 1 heterocycles. The molecule has 1 aromatic heterocycles. The van der Waals surface area contributed by atoms with Gasteiger partial charge in [0.05, 0.1) is 11.9 Å². The zero-order valence-electron chi connectivity index (χ0n) is 10.7. The van der Waals surface area contributed by atoms with Gasteiger partial charge in [-0.15, -0.1) is 0 Å². The van der Waals surface area contributed by atoms with E-state index in [9.17, 15) is 9.59 Å². The van der Waals surface area contributed by atoms with E-state index in [4.69, 9.17) is 5.84 Å². The Labute approximate surface area is 106 Å². The number of carbonyl (C=O) groups excluding carboxylic acids is 1. The molecule has 0 saturated carbocycles. The molecule has 0 radical (unpaired) electrons. The van der Waals surface area contributed by atoms with Gasteiger partial charge in [0, 0.05) is 33.1 Å². The fourth-order valence-corrected chi connectivity index (χ4v) is 1.46. The molecule has 1 rings (SSSR count). The van der Waals surface area contributed by atoms with Gasteiger partial charge in [0.15, 0.2) is 0 Å². The van der Waals surface area contributed by atoms with Crippen LogP contribution in [0.25, 0.3) is 0 Å². The number of hydrazine groups is 1. The van der Waals surface area contributed by atoms with Gasteiger partial charge in [-0.05, 0) is 12.8 Å².